The normalized spacial score (nSPS) is 10.6. The number of ether oxygens (including phenoxy) is 1. The van der Waals surface area contributed by atoms with Gasteiger partial charge in [-0.15, -0.1) is 0 Å². The van der Waals surface area contributed by atoms with Crippen LogP contribution < -0.4 is 5.32 Å². The summed E-state index contributed by atoms with van der Waals surface area (Å²) in [5.74, 6) is -1.21. The zero-order valence-corrected chi connectivity index (χ0v) is 15.0. The molecule has 3 rings (SSSR count). The number of carbonyl (C=O) groups is 2. The molecule has 3 aromatic carbocycles. The van der Waals surface area contributed by atoms with Gasteiger partial charge in [-0.2, -0.15) is 0 Å². The number of aryl methyl sites for hydroxylation is 1. The molecule has 0 aromatic heterocycles. The molecular weight excluding hydrogens is 345 g/mol. The minimum Gasteiger partial charge on any atom is -0.455 e. The van der Waals surface area contributed by atoms with Crippen molar-refractivity contribution >= 4 is 22.6 Å². The van der Waals surface area contributed by atoms with Gasteiger partial charge in [0.25, 0.3) is 5.91 Å². The Bertz CT molecular complexity index is 979. The Hall–Kier alpha value is -3.21. The van der Waals surface area contributed by atoms with Crippen LogP contribution in [0.25, 0.3) is 10.8 Å². The van der Waals surface area contributed by atoms with Gasteiger partial charge in [-0.3, -0.25) is 9.59 Å². The van der Waals surface area contributed by atoms with Gasteiger partial charge in [0.1, 0.15) is 5.82 Å². The number of nitrogens with one attached hydrogen (secondary N) is 1. The van der Waals surface area contributed by atoms with Crippen LogP contribution in [0, 0.1) is 12.7 Å². The molecule has 4 nitrogen and oxygen atoms in total. The maximum Gasteiger partial charge on any atom is 0.310 e. The zero-order valence-electron chi connectivity index (χ0n) is 15.0. The van der Waals surface area contributed by atoms with Crippen LogP contribution in [0.5, 0.6) is 0 Å². The highest BCUT2D eigenvalue weighted by Gasteiger charge is 2.11. The van der Waals surface area contributed by atoms with E-state index in [0.717, 1.165) is 16.3 Å². The summed E-state index contributed by atoms with van der Waals surface area (Å²) in [7, 11) is 0. The number of halogens is 1. The number of amides is 1. The third kappa shape index (κ3) is 4.91. The summed E-state index contributed by atoms with van der Waals surface area (Å²) >= 11 is 0. The first-order valence-corrected chi connectivity index (χ1v) is 8.67. The predicted octanol–water partition coefficient (Wildman–Crippen LogP) is 3.69. The van der Waals surface area contributed by atoms with Crippen molar-refractivity contribution in [2.75, 3.05) is 6.61 Å². The number of fused-ring (bicyclic) bond motifs is 1. The number of benzene rings is 3. The van der Waals surface area contributed by atoms with E-state index in [9.17, 15) is 14.0 Å². The van der Waals surface area contributed by atoms with Crippen molar-refractivity contribution in [3.8, 4) is 0 Å². The molecule has 0 aliphatic heterocycles. The Morgan fingerprint density at radius 1 is 1.04 bits per heavy atom. The monoisotopic (exact) mass is 365 g/mol. The Labute approximate surface area is 157 Å². The first-order valence-electron chi connectivity index (χ1n) is 8.67. The molecule has 1 N–H and O–H groups in total. The maximum absolute atomic E-state index is 13.5. The topological polar surface area (TPSA) is 55.4 Å². The van der Waals surface area contributed by atoms with Crippen LogP contribution in [-0.2, 0) is 27.3 Å². The van der Waals surface area contributed by atoms with Gasteiger partial charge >= 0.3 is 5.97 Å². The molecule has 0 radical (unpaired) electrons. The number of hydrogen-bond donors (Lipinski definition) is 1. The quantitative estimate of drug-likeness (QED) is 0.678. The Morgan fingerprint density at radius 3 is 2.63 bits per heavy atom. The average molecular weight is 365 g/mol. The second-order valence-electron chi connectivity index (χ2n) is 6.34. The van der Waals surface area contributed by atoms with Crippen molar-refractivity contribution in [2.24, 2.45) is 0 Å². The van der Waals surface area contributed by atoms with E-state index >= 15 is 0 Å². The van der Waals surface area contributed by atoms with Crippen LogP contribution >= 0.6 is 0 Å². The van der Waals surface area contributed by atoms with Gasteiger partial charge in [-0.1, -0.05) is 54.6 Å². The van der Waals surface area contributed by atoms with E-state index in [2.05, 4.69) is 5.32 Å². The van der Waals surface area contributed by atoms with Gasteiger partial charge in [-0.25, -0.2) is 4.39 Å². The molecule has 0 atom stereocenters. The molecule has 0 unspecified atom stereocenters. The molecule has 0 bridgehead atoms. The molecule has 0 heterocycles. The zero-order chi connectivity index (χ0) is 19.2. The highest BCUT2D eigenvalue weighted by molar-refractivity contribution is 5.89. The summed E-state index contributed by atoms with van der Waals surface area (Å²) in [6.45, 7) is 1.49. The molecule has 0 saturated heterocycles. The second-order valence-corrected chi connectivity index (χ2v) is 6.34. The van der Waals surface area contributed by atoms with Crippen molar-refractivity contribution in [3.05, 3.63) is 83.2 Å². The molecular formula is C22H20FNO3. The van der Waals surface area contributed by atoms with Crippen molar-refractivity contribution in [3.63, 3.8) is 0 Å². The lowest BCUT2D eigenvalue weighted by Crippen LogP contribution is -2.28. The van der Waals surface area contributed by atoms with Gasteiger partial charge in [0.2, 0.25) is 0 Å². The Morgan fingerprint density at radius 2 is 1.81 bits per heavy atom. The van der Waals surface area contributed by atoms with Crippen LogP contribution in [0.4, 0.5) is 4.39 Å². The fraction of sp³-hybridized carbons (Fsp3) is 0.182. The van der Waals surface area contributed by atoms with Gasteiger partial charge in [0.15, 0.2) is 6.61 Å². The highest BCUT2D eigenvalue weighted by atomic mass is 19.1. The van der Waals surface area contributed by atoms with Gasteiger partial charge in [-0.05, 0) is 40.5 Å². The lowest BCUT2D eigenvalue weighted by Gasteiger charge is -2.09. The summed E-state index contributed by atoms with van der Waals surface area (Å²) in [5.41, 5.74) is 2.05. The van der Waals surface area contributed by atoms with Crippen LogP contribution in [-0.4, -0.2) is 18.5 Å². The SMILES string of the molecule is Cc1ccc(CNC(=O)COC(=O)Cc2cccc3ccccc23)cc1F. The van der Waals surface area contributed by atoms with Crippen LogP contribution in [0.1, 0.15) is 16.7 Å². The Kier molecular flexibility index (Phi) is 5.81. The summed E-state index contributed by atoms with van der Waals surface area (Å²) in [6.07, 6.45) is 0.0950. The molecule has 5 heteroatoms. The minimum absolute atomic E-state index is 0.0950. The molecule has 1 amide bonds. The molecule has 0 aliphatic carbocycles. The van der Waals surface area contributed by atoms with E-state index in [0.29, 0.717) is 11.1 Å². The standard InChI is InChI=1S/C22H20FNO3/c1-15-9-10-16(11-20(15)23)13-24-21(25)14-27-22(26)12-18-7-4-6-17-5-2-3-8-19(17)18/h2-11H,12-14H2,1H3,(H,24,25). The third-order valence-electron chi connectivity index (χ3n) is 4.30. The second kappa shape index (κ2) is 8.45. The fourth-order valence-electron chi connectivity index (χ4n) is 2.80. The average Bonchev–Trinajstić information content (AvgIpc) is 2.67. The fourth-order valence-corrected chi connectivity index (χ4v) is 2.80. The number of esters is 1. The van der Waals surface area contributed by atoms with E-state index in [1.165, 1.54) is 6.07 Å². The summed E-state index contributed by atoms with van der Waals surface area (Å²) in [6, 6.07) is 18.3. The molecule has 0 fully saturated rings. The minimum atomic E-state index is -0.470. The van der Waals surface area contributed by atoms with Crippen molar-refractivity contribution in [2.45, 2.75) is 19.9 Å². The summed E-state index contributed by atoms with van der Waals surface area (Å²) < 4.78 is 18.6. The molecule has 0 spiro atoms. The van der Waals surface area contributed by atoms with Gasteiger partial charge in [0, 0.05) is 6.54 Å². The number of hydrogen-bond acceptors (Lipinski definition) is 3. The van der Waals surface area contributed by atoms with E-state index in [1.54, 1.807) is 19.1 Å². The highest BCUT2D eigenvalue weighted by Crippen LogP contribution is 2.19. The summed E-state index contributed by atoms with van der Waals surface area (Å²) in [5, 5.41) is 4.65. The summed E-state index contributed by atoms with van der Waals surface area (Å²) in [4.78, 5) is 23.9. The molecule has 0 aliphatic rings. The van der Waals surface area contributed by atoms with Gasteiger partial charge < -0.3 is 10.1 Å². The first-order chi connectivity index (χ1) is 13.0. The van der Waals surface area contributed by atoms with Crippen molar-refractivity contribution in [1.29, 1.82) is 0 Å². The number of carbonyl (C=O) groups excluding carboxylic acids is 2. The molecule has 0 saturated carbocycles. The first kappa shape index (κ1) is 18.6. The third-order valence-corrected chi connectivity index (χ3v) is 4.30. The van der Waals surface area contributed by atoms with E-state index in [4.69, 9.17) is 4.74 Å². The largest absolute Gasteiger partial charge is 0.455 e. The van der Waals surface area contributed by atoms with Crippen LogP contribution in [0.3, 0.4) is 0 Å². The molecule has 138 valence electrons. The van der Waals surface area contributed by atoms with E-state index in [1.807, 2.05) is 42.5 Å². The van der Waals surface area contributed by atoms with Crippen molar-refractivity contribution in [1.82, 2.24) is 5.32 Å². The van der Waals surface area contributed by atoms with Crippen LogP contribution in [0.15, 0.2) is 60.7 Å². The predicted molar refractivity (Wildman–Crippen MR) is 102 cm³/mol. The van der Waals surface area contributed by atoms with Crippen molar-refractivity contribution < 1.29 is 18.7 Å². The maximum atomic E-state index is 13.5. The molecule has 27 heavy (non-hydrogen) atoms. The van der Waals surface area contributed by atoms with E-state index < -0.39 is 11.9 Å². The Balaban J connectivity index is 1.49. The number of rotatable bonds is 6. The van der Waals surface area contributed by atoms with Gasteiger partial charge in [0.05, 0.1) is 6.42 Å². The van der Waals surface area contributed by atoms with Crippen LogP contribution in [0.2, 0.25) is 0 Å². The molecule has 3 aromatic rings. The smallest absolute Gasteiger partial charge is 0.310 e. The van der Waals surface area contributed by atoms with E-state index in [-0.39, 0.29) is 25.4 Å². The lowest BCUT2D eigenvalue weighted by atomic mass is 10.0. The lowest BCUT2D eigenvalue weighted by molar-refractivity contribution is -0.147.